The molecule has 0 aromatic heterocycles. The van der Waals surface area contributed by atoms with Gasteiger partial charge in [0.25, 0.3) is 0 Å². The lowest BCUT2D eigenvalue weighted by Gasteiger charge is -2.17. The molecule has 110 valence electrons. The number of amides is 1. The smallest absolute Gasteiger partial charge is 0.303 e. The maximum absolute atomic E-state index is 11.8. The van der Waals surface area contributed by atoms with Gasteiger partial charge in [0.05, 0.1) is 0 Å². The Balaban J connectivity index is 2.46. The zero-order chi connectivity index (χ0) is 15.1. The van der Waals surface area contributed by atoms with Crippen molar-refractivity contribution in [1.82, 2.24) is 4.90 Å². The van der Waals surface area contributed by atoms with Crippen molar-refractivity contribution in [1.29, 1.82) is 0 Å². The first-order valence-electron chi connectivity index (χ1n) is 6.94. The van der Waals surface area contributed by atoms with E-state index < -0.39 is 5.97 Å². The standard InChI is InChI=1S/C16H23NO3/c1-12(2)14-9-7-13(8-10-14)11-17(3)15(18)5-4-6-16(19)20/h7-10,12H,4-6,11H2,1-3H3,(H,19,20). The molecule has 1 N–H and O–H groups in total. The highest BCUT2D eigenvalue weighted by molar-refractivity contribution is 5.76. The summed E-state index contributed by atoms with van der Waals surface area (Å²) in [4.78, 5) is 23.9. The van der Waals surface area contributed by atoms with Crippen LogP contribution in [-0.4, -0.2) is 28.9 Å². The number of nitrogens with zero attached hydrogens (tertiary/aromatic N) is 1. The molecule has 0 aliphatic heterocycles. The van der Waals surface area contributed by atoms with E-state index in [1.807, 2.05) is 12.1 Å². The van der Waals surface area contributed by atoms with Gasteiger partial charge in [0.1, 0.15) is 0 Å². The Labute approximate surface area is 120 Å². The van der Waals surface area contributed by atoms with Crippen molar-refractivity contribution in [2.24, 2.45) is 0 Å². The second-order valence-corrected chi connectivity index (χ2v) is 5.39. The molecule has 0 saturated heterocycles. The van der Waals surface area contributed by atoms with E-state index in [1.165, 1.54) is 5.56 Å². The number of hydrogen-bond acceptors (Lipinski definition) is 2. The fraction of sp³-hybridized carbons (Fsp3) is 0.500. The topological polar surface area (TPSA) is 57.6 Å². The first-order valence-corrected chi connectivity index (χ1v) is 6.94. The van der Waals surface area contributed by atoms with Gasteiger partial charge >= 0.3 is 5.97 Å². The van der Waals surface area contributed by atoms with Crippen LogP contribution < -0.4 is 0 Å². The lowest BCUT2D eigenvalue weighted by atomic mass is 10.0. The van der Waals surface area contributed by atoms with E-state index in [-0.39, 0.29) is 18.7 Å². The molecule has 0 saturated carbocycles. The molecule has 1 rings (SSSR count). The van der Waals surface area contributed by atoms with E-state index in [0.29, 0.717) is 18.9 Å². The van der Waals surface area contributed by atoms with Crippen LogP contribution >= 0.6 is 0 Å². The van der Waals surface area contributed by atoms with E-state index in [4.69, 9.17) is 5.11 Å². The normalized spacial score (nSPS) is 10.6. The van der Waals surface area contributed by atoms with Gasteiger partial charge in [0.2, 0.25) is 5.91 Å². The molecule has 1 amide bonds. The number of carbonyl (C=O) groups is 2. The van der Waals surface area contributed by atoms with Crippen molar-refractivity contribution in [2.45, 2.75) is 45.6 Å². The SMILES string of the molecule is CC(C)c1ccc(CN(C)C(=O)CCCC(=O)O)cc1. The number of carbonyl (C=O) groups excluding carboxylic acids is 1. The van der Waals surface area contributed by atoms with E-state index in [0.717, 1.165) is 5.56 Å². The Hall–Kier alpha value is -1.84. The Kier molecular flexibility index (Phi) is 6.22. The van der Waals surface area contributed by atoms with Gasteiger partial charge < -0.3 is 10.0 Å². The summed E-state index contributed by atoms with van der Waals surface area (Å²) in [6.45, 7) is 4.85. The molecule has 0 atom stereocenters. The molecule has 0 aliphatic carbocycles. The largest absolute Gasteiger partial charge is 0.481 e. The van der Waals surface area contributed by atoms with Gasteiger partial charge in [-0.25, -0.2) is 0 Å². The zero-order valence-electron chi connectivity index (χ0n) is 12.4. The van der Waals surface area contributed by atoms with Crippen LogP contribution in [0.3, 0.4) is 0 Å². The van der Waals surface area contributed by atoms with Gasteiger partial charge in [-0.05, 0) is 23.5 Å². The summed E-state index contributed by atoms with van der Waals surface area (Å²) in [6, 6.07) is 8.25. The fourth-order valence-electron chi connectivity index (χ4n) is 1.95. The molecule has 0 bridgehead atoms. The zero-order valence-corrected chi connectivity index (χ0v) is 12.4. The van der Waals surface area contributed by atoms with Crippen molar-refractivity contribution >= 4 is 11.9 Å². The number of aliphatic carboxylic acids is 1. The lowest BCUT2D eigenvalue weighted by molar-refractivity contribution is -0.137. The minimum Gasteiger partial charge on any atom is -0.481 e. The molecule has 0 aliphatic rings. The molecule has 0 spiro atoms. The summed E-state index contributed by atoms with van der Waals surface area (Å²) in [5.41, 5.74) is 2.37. The maximum atomic E-state index is 11.8. The van der Waals surface area contributed by atoms with Crippen LogP contribution in [0.2, 0.25) is 0 Å². The van der Waals surface area contributed by atoms with Gasteiger partial charge in [-0.3, -0.25) is 9.59 Å². The predicted octanol–water partition coefficient (Wildman–Crippen LogP) is 3.02. The molecule has 0 unspecified atom stereocenters. The Morgan fingerprint density at radius 3 is 2.25 bits per heavy atom. The van der Waals surface area contributed by atoms with Gasteiger partial charge in [-0.15, -0.1) is 0 Å². The summed E-state index contributed by atoms with van der Waals surface area (Å²) < 4.78 is 0. The van der Waals surface area contributed by atoms with Gasteiger partial charge in [0, 0.05) is 26.4 Å². The number of carboxylic acid groups (broad SMARTS) is 1. The lowest BCUT2D eigenvalue weighted by Crippen LogP contribution is -2.26. The first kappa shape index (κ1) is 16.2. The molecule has 1 aromatic rings. The van der Waals surface area contributed by atoms with Gasteiger partial charge in [-0.1, -0.05) is 38.1 Å². The molecular weight excluding hydrogens is 254 g/mol. The van der Waals surface area contributed by atoms with Crippen LogP contribution in [0.25, 0.3) is 0 Å². The van der Waals surface area contributed by atoms with Crippen LogP contribution in [0, 0.1) is 0 Å². The number of carboxylic acids is 1. The molecule has 4 heteroatoms. The molecule has 1 aromatic carbocycles. The molecule has 4 nitrogen and oxygen atoms in total. The van der Waals surface area contributed by atoms with Gasteiger partial charge in [-0.2, -0.15) is 0 Å². The predicted molar refractivity (Wildman–Crippen MR) is 78.5 cm³/mol. The molecule has 0 heterocycles. The quantitative estimate of drug-likeness (QED) is 0.833. The monoisotopic (exact) mass is 277 g/mol. The molecule has 20 heavy (non-hydrogen) atoms. The second kappa shape index (κ2) is 7.68. The highest BCUT2D eigenvalue weighted by Gasteiger charge is 2.10. The van der Waals surface area contributed by atoms with E-state index >= 15 is 0 Å². The Morgan fingerprint density at radius 2 is 1.75 bits per heavy atom. The van der Waals surface area contributed by atoms with Crippen molar-refractivity contribution < 1.29 is 14.7 Å². The molecular formula is C16H23NO3. The highest BCUT2D eigenvalue weighted by atomic mass is 16.4. The van der Waals surface area contributed by atoms with Crippen LogP contribution in [0.4, 0.5) is 0 Å². The van der Waals surface area contributed by atoms with Crippen molar-refractivity contribution in [2.75, 3.05) is 7.05 Å². The Morgan fingerprint density at radius 1 is 1.15 bits per heavy atom. The molecule has 0 radical (unpaired) electrons. The number of benzene rings is 1. The third-order valence-electron chi connectivity index (χ3n) is 3.27. The fourth-order valence-corrected chi connectivity index (χ4v) is 1.95. The third-order valence-corrected chi connectivity index (χ3v) is 3.27. The summed E-state index contributed by atoms with van der Waals surface area (Å²) in [5.74, 6) is -0.372. The van der Waals surface area contributed by atoms with E-state index in [9.17, 15) is 9.59 Å². The van der Waals surface area contributed by atoms with Crippen LogP contribution in [0.1, 0.15) is 50.2 Å². The first-order chi connectivity index (χ1) is 9.40. The molecule has 0 fully saturated rings. The maximum Gasteiger partial charge on any atom is 0.303 e. The summed E-state index contributed by atoms with van der Waals surface area (Å²) in [7, 11) is 1.75. The summed E-state index contributed by atoms with van der Waals surface area (Å²) in [5, 5.41) is 8.55. The van der Waals surface area contributed by atoms with Crippen LogP contribution in [0.15, 0.2) is 24.3 Å². The number of rotatable bonds is 7. The van der Waals surface area contributed by atoms with E-state index in [1.54, 1.807) is 11.9 Å². The van der Waals surface area contributed by atoms with Crippen LogP contribution in [0.5, 0.6) is 0 Å². The average molecular weight is 277 g/mol. The van der Waals surface area contributed by atoms with Crippen molar-refractivity contribution in [3.05, 3.63) is 35.4 Å². The minimum absolute atomic E-state index is 0.0146. The van der Waals surface area contributed by atoms with Gasteiger partial charge in [0.15, 0.2) is 0 Å². The minimum atomic E-state index is -0.857. The number of hydrogen-bond donors (Lipinski definition) is 1. The third kappa shape index (κ3) is 5.43. The second-order valence-electron chi connectivity index (χ2n) is 5.39. The van der Waals surface area contributed by atoms with Crippen molar-refractivity contribution in [3.63, 3.8) is 0 Å². The summed E-state index contributed by atoms with van der Waals surface area (Å²) in [6.07, 6.45) is 0.723. The summed E-state index contributed by atoms with van der Waals surface area (Å²) >= 11 is 0. The Bertz CT molecular complexity index is 451. The van der Waals surface area contributed by atoms with E-state index in [2.05, 4.69) is 26.0 Å². The van der Waals surface area contributed by atoms with Crippen molar-refractivity contribution in [3.8, 4) is 0 Å². The average Bonchev–Trinajstić information content (AvgIpc) is 2.38. The van der Waals surface area contributed by atoms with Crippen LogP contribution in [-0.2, 0) is 16.1 Å². The highest BCUT2D eigenvalue weighted by Crippen LogP contribution is 2.15.